The normalized spacial score (nSPS) is 22.7. The molecule has 2 N–H and O–H groups in total. The lowest BCUT2D eigenvalue weighted by Crippen LogP contribution is -3.14. The minimum atomic E-state index is -0.352. The fourth-order valence-electron chi connectivity index (χ4n) is 2.62. The number of carbonyl (C=O) groups is 1. The van der Waals surface area contributed by atoms with Gasteiger partial charge in [0.2, 0.25) is 0 Å². The summed E-state index contributed by atoms with van der Waals surface area (Å²) in [7, 11) is 0. The summed E-state index contributed by atoms with van der Waals surface area (Å²) in [6.45, 7) is 3.69. The minimum Gasteiger partial charge on any atom is -0.347 e. The van der Waals surface area contributed by atoms with E-state index in [4.69, 9.17) is 9.47 Å². The first kappa shape index (κ1) is 13.0. The number of carbonyl (C=O) groups excluding carboxylic acids is 1. The van der Waals surface area contributed by atoms with Crippen molar-refractivity contribution in [3.63, 3.8) is 0 Å². The van der Waals surface area contributed by atoms with Crippen molar-refractivity contribution in [2.45, 2.75) is 18.6 Å². The third-order valence-corrected chi connectivity index (χ3v) is 4.31. The number of quaternary nitrogens is 1. The zero-order chi connectivity index (χ0) is 13.1. The van der Waals surface area contributed by atoms with E-state index in [2.05, 4.69) is 10.3 Å². The molecule has 1 aromatic heterocycles. The molecule has 0 radical (unpaired) electrons. The van der Waals surface area contributed by atoms with Gasteiger partial charge in [-0.05, 0) is 0 Å². The average Bonchev–Trinajstić information content (AvgIpc) is 3.05. The van der Waals surface area contributed by atoms with Gasteiger partial charge in [-0.1, -0.05) is 0 Å². The molecule has 1 spiro atoms. The maximum atomic E-state index is 11.9. The lowest BCUT2D eigenvalue weighted by atomic mass is 10.0. The highest BCUT2D eigenvalue weighted by molar-refractivity contribution is 7.13. The second-order valence-corrected chi connectivity index (χ2v) is 5.81. The van der Waals surface area contributed by atoms with Crippen LogP contribution in [-0.2, 0) is 14.3 Å². The van der Waals surface area contributed by atoms with Crippen molar-refractivity contribution in [2.75, 3.05) is 38.2 Å². The number of nitrogens with one attached hydrogen (secondary N) is 2. The van der Waals surface area contributed by atoms with E-state index in [9.17, 15) is 4.79 Å². The fraction of sp³-hybridized carbons (Fsp3) is 0.667. The van der Waals surface area contributed by atoms with E-state index in [1.165, 1.54) is 16.2 Å². The van der Waals surface area contributed by atoms with E-state index >= 15 is 0 Å². The Labute approximate surface area is 115 Å². The number of anilines is 1. The van der Waals surface area contributed by atoms with Gasteiger partial charge in [-0.2, -0.15) is 0 Å². The van der Waals surface area contributed by atoms with Crippen molar-refractivity contribution in [3.8, 4) is 0 Å². The largest absolute Gasteiger partial charge is 0.347 e. The van der Waals surface area contributed by atoms with Crippen LogP contribution in [0.2, 0.25) is 0 Å². The molecule has 1 amide bonds. The van der Waals surface area contributed by atoms with E-state index in [0.717, 1.165) is 25.9 Å². The lowest BCUT2D eigenvalue weighted by molar-refractivity contribution is -0.900. The Morgan fingerprint density at radius 3 is 2.79 bits per heavy atom. The molecule has 0 bridgehead atoms. The van der Waals surface area contributed by atoms with Crippen molar-refractivity contribution in [1.29, 1.82) is 0 Å². The summed E-state index contributed by atoms with van der Waals surface area (Å²) < 4.78 is 11.4. The maximum absolute atomic E-state index is 11.9. The molecule has 0 unspecified atom stereocenters. The van der Waals surface area contributed by atoms with Gasteiger partial charge in [-0.3, -0.25) is 10.1 Å². The second kappa shape index (κ2) is 5.54. The fourth-order valence-corrected chi connectivity index (χ4v) is 3.17. The molecular weight excluding hydrogens is 266 g/mol. The molecule has 104 valence electrons. The molecule has 3 heterocycles. The number of hydrogen-bond acceptors (Lipinski definition) is 5. The van der Waals surface area contributed by atoms with Gasteiger partial charge in [-0.15, -0.1) is 11.3 Å². The van der Waals surface area contributed by atoms with Crippen LogP contribution in [0.4, 0.5) is 5.13 Å². The molecule has 6 nitrogen and oxygen atoms in total. The quantitative estimate of drug-likeness (QED) is 0.786. The first-order valence-electron chi connectivity index (χ1n) is 6.57. The molecule has 2 aliphatic heterocycles. The molecular formula is C12H18N3O3S+. The Hall–Kier alpha value is -1.02. The van der Waals surface area contributed by atoms with Crippen molar-refractivity contribution >= 4 is 22.4 Å². The third-order valence-electron chi connectivity index (χ3n) is 3.62. The summed E-state index contributed by atoms with van der Waals surface area (Å²) in [4.78, 5) is 17.2. The van der Waals surface area contributed by atoms with E-state index in [1.54, 1.807) is 6.20 Å². The zero-order valence-electron chi connectivity index (χ0n) is 10.7. The van der Waals surface area contributed by atoms with Gasteiger partial charge >= 0.3 is 0 Å². The first-order chi connectivity index (χ1) is 9.26. The van der Waals surface area contributed by atoms with Crippen LogP contribution in [-0.4, -0.2) is 49.5 Å². The van der Waals surface area contributed by atoms with Crippen LogP contribution in [0.3, 0.4) is 0 Å². The highest BCUT2D eigenvalue weighted by atomic mass is 32.1. The number of amides is 1. The van der Waals surface area contributed by atoms with Crippen molar-refractivity contribution in [1.82, 2.24) is 4.98 Å². The van der Waals surface area contributed by atoms with E-state index in [1.807, 2.05) is 5.38 Å². The Morgan fingerprint density at radius 1 is 1.42 bits per heavy atom. The van der Waals surface area contributed by atoms with E-state index < -0.39 is 0 Å². The molecule has 2 fully saturated rings. The molecule has 0 aromatic carbocycles. The van der Waals surface area contributed by atoms with Crippen LogP contribution in [0.5, 0.6) is 0 Å². The number of ether oxygens (including phenoxy) is 2. The van der Waals surface area contributed by atoms with E-state index in [-0.39, 0.29) is 11.7 Å². The standard InChI is InChI=1S/C12H17N3O3S/c16-10(14-11-13-3-8-19-11)9-15-4-1-12(2-5-15)17-6-7-18-12/h3,8H,1-2,4-7,9H2,(H,13,14,16)/p+1. The number of nitrogens with zero attached hydrogens (tertiary/aromatic N) is 1. The van der Waals surface area contributed by atoms with Crippen LogP contribution < -0.4 is 10.2 Å². The Morgan fingerprint density at radius 2 is 2.16 bits per heavy atom. The van der Waals surface area contributed by atoms with Gasteiger partial charge < -0.3 is 14.4 Å². The average molecular weight is 284 g/mol. The summed E-state index contributed by atoms with van der Waals surface area (Å²) in [6, 6.07) is 0. The summed E-state index contributed by atoms with van der Waals surface area (Å²) >= 11 is 1.44. The van der Waals surface area contributed by atoms with Crippen LogP contribution in [0.1, 0.15) is 12.8 Å². The molecule has 19 heavy (non-hydrogen) atoms. The summed E-state index contributed by atoms with van der Waals surface area (Å²) in [6.07, 6.45) is 3.42. The van der Waals surface area contributed by atoms with Gasteiger partial charge in [0, 0.05) is 11.6 Å². The predicted octanol–water partition coefficient (Wildman–Crippen LogP) is -0.497. The number of aromatic nitrogens is 1. The molecule has 2 saturated heterocycles. The predicted molar refractivity (Wildman–Crippen MR) is 70.2 cm³/mol. The van der Waals surface area contributed by atoms with Crippen LogP contribution in [0.15, 0.2) is 11.6 Å². The second-order valence-electron chi connectivity index (χ2n) is 4.92. The Bertz CT molecular complexity index is 421. The van der Waals surface area contributed by atoms with Crippen LogP contribution in [0, 0.1) is 0 Å². The summed E-state index contributed by atoms with van der Waals surface area (Å²) in [5.74, 6) is -0.330. The topological polar surface area (TPSA) is 64.9 Å². The molecule has 0 saturated carbocycles. The van der Waals surface area contributed by atoms with Crippen LogP contribution in [0.25, 0.3) is 0 Å². The molecule has 3 rings (SSSR count). The Kier molecular flexibility index (Phi) is 3.79. The number of thiazole rings is 1. The number of hydrogen-bond donors (Lipinski definition) is 2. The minimum absolute atomic E-state index is 0.0224. The lowest BCUT2D eigenvalue weighted by Gasteiger charge is -2.34. The number of likely N-dealkylation sites (tertiary alicyclic amines) is 1. The van der Waals surface area contributed by atoms with Crippen LogP contribution >= 0.6 is 11.3 Å². The van der Waals surface area contributed by atoms with Crippen molar-refractivity contribution in [3.05, 3.63) is 11.6 Å². The number of rotatable bonds is 3. The third kappa shape index (κ3) is 3.11. The molecule has 0 aliphatic carbocycles. The monoisotopic (exact) mass is 284 g/mol. The van der Waals surface area contributed by atoms with Gasteiger partial charge in [0.25, 0.3) is 5.91 Å². The molecule has 2 aliphatic rings. The summed E-state index contributed by atoms with van der Waals surface area (Å²) in [5, 5.41) is 5.33. The Balaban J connectivity index is 1.45. The van der Waals surface area contributed by atoms with Crippen molar-refractivity contribution in [2.24, 2.45) is 0 Å². The van der Waals surface area contributed by atoms with Gasteiger partial charge in [0.15, 0.2) is 17.5 Å². The number of piperidine rings is 1. The highest BCUT2D eigenvalue weighted by Crippen LogP contribution is 2.27. The van der Waals surface area contributed by atoms with Gasteiger partial charge in [0.05, 0.1) is 39.1 Å². The van der Waals surface area contributed by atoms with Crippen molar-refractivity contribution < 1.29 is 19.2 Å². The molecule has 7 heteroatoms. The highest BCUT2D eigenvalue weighted by Gasteiger charge is 2.41. The van der Waals surface area contributed by atoms with Gasteiger partial charge in [0.1, 0.15) is 0 Å². The van der Waals surface area contributed by atoms with Gasteiger partial charge in [-0.25, -0.2) is 4.98 Å². The summed E-state index contributed by atoms with van der Waals surface area (Å²) in [5.41, 5.74) is 0. The molecule has 1 aromatic rings. The molecule has 0 atom stereocenters. The maximum Gasteiger partial charge on any atom is 0.281 e. The SMILES string of the molecule is O=C(C[NH+]1CCC2(CC1)OCCO2)Nc1nccs1. The zero-order valence-corrected chi connectivity index (χ0v) is 11.5. The first-order valence-corrected chi connectivity index (χ1v) is 7.45. The smallest absolute Gasteiger partial charge is 0.281 e. The van der Waals surface area contributed by atoms with E-state index in [0.29, 0.717) is 24.9 Å².